The summed E-state index contributed by atoms with van der Waals surface area (Å²) >= 11 is 2.29. The molecule has 0 fully saturated rings. The largest absolute Gasteiger partial charge is 0.416 e. The van der Waals surface area contributed by atoms with Gasteiger partial charge in [0.05, 0.1) is 5.69 Å². The second-order valence-corrected chi connectivity index (χ2v) is 24.0. The van der Waals surface area contributed by atoms with Crippen molar-refractivity contribution >= 4 is 61.2 Å². The number of likely N-dealkylation sites (N-methyl/N-ethyl adjacent to an activating group) is 1. The molecule has 7 heteroatoms. The van der Waals surface area contributed by atoms with E-state index in [0.717, 1.165) is 14.8 Å². The van der Waals surface area contributed by atoms with Crippen molar-refractivity contribution in [1.82, 2.24) is 0 Å². The standard InChI is InChI=1S/C36H50INO3Si2/c1-35(2,3)42(8,9)40-28-26-29(34(39)38(7)33-25-17-16-24-32(33)37)19-18-27-41-43(36(4,5)6,30-20-12-10-13-21-30)31-22-14-11-15-23-31/h10-17,19-25H,18,26-28H2,1-9H3/b29-19-. The van der Waals surface area contributed by atoms with Crippen molar-refractivity contribution in [2.75, 3.05) is 25.2 Å². The van der Waals surface area contributed by atoms with Gasteiger partial charge in [-0.15, -0.1) is 0 Å². The lowest BCUT2D eigenvalue weighted by molar-refractivity contribution is -0.115. The van der Waals surface area contributed by atoms with Gasteiger partial charge in [-0.25, -0.2) is 0 Å². The molecule has 4 nitrogen and oxygen atoms in total. The van der Waals surface area contributed by atoms with E-state index in [2.05, 4.69) is 144 Å². The number of amides is 1. The molecule has 3 aromatic carbocycles. The fourth-order valence-electron chi connectivity index (χ4n) is 5.18. The molecule has 3 rings (SSSR count). The fraction of sp³-hybridized carbons (Fsp3) is 0.417. The Labute approximate surface area is 276 Å². The Bertz CT molecular complexity index is 1320. The smallest absolute Gasteiger partial charge is 0.261 e. The van der Waals surface area contributed by atoms with Crippen LogP contribution in [0, 0.1) is 3.57 Å². The Morgan fingerprint density at radius 2 is 1.28 bits per heavy atom. The quantitative estimate of drug-likeness (QED) is 0.0813. The van der Waals surface area contributed by atoms with Gasteiger partial charge in [0, 0.05) is 29.4 Å². The zero-order valence-electron chi connectivity index (χ0n) is 27.5. The molecular weight excluding hydrogens is 677 g/mol. The zero-order valence-corrected chi connectivity index (χ0v) is 31.7. The Morgan fingerprint density at radius 1 is 0.767 bits per heavy atom. The van der Waals surface area contributed by atoms with Crippen molar-refractivity contribution in [3.8, 4) is 0 Å². The monoisotopic (exact) mass is 727 g/mol. The van der Waals surface area contributed by atoms with E-state index in [-0.39, 0.29) is 16.0 Å². The SMILES string of the molecule is CN(C(=O)/C(=C\CCO[Si](c1ccccc1)(c1ccccc1)C(C)(C)C)CCO[Si](C)(C)C(C)(C)C)c1ccccc1I. The van der Waals surface area contributed by atoms with Crippen LogP contribution >= 0.6 is 22.6 Å². The molecule has 1 amide bonds. The van der Waals surface area contributed by atoms with Crippen LogP contribution in [0.1, 0.15) is 54.4 Å². The average Bonchev–Trinajstić information content (AvgIpc) is 2.95. The molecule has 0 spiro atoms. The van der Waals surface area contributed by atoms with Crippen LogP contribution in [0.25, 0.3) is 0 Å². The molecule has 3 aromatic rings. The molecule has 0 atom stereocenters. The van der Waals surface area contributed by atoms with Crippen LogP contribution in [-0.4, -0.2) is 42.8 Å². The topological polar surface area (TPSA) is 38.8 Å². The highest BCUT2D eigenvalue weighted by Crippen LogP contribution is 2.38. The van der Waals surface area contributed by atoms with Gasteiger partial charge < -0.3 is 13.8 Å². The molecule has 0 saturated carbocycles. The van der Waals surface area contributed by atoms with E-state index < -0.39 is 16.6 Å². The molecule has 0 aliphatic heterocycles. The van der Waals surface area contributed by atoms with Gasteiger partial charge in [-0.2, -0.15) is 0 Å². The minimum atomic E-state index is -2.65. The third-order valence-electron chi connectivity index (χ3n) is 8.68. The van der Waals surface area contributed by atoms with Crippen LogP contribution in [0.15, 0.2) is 96.6 Å². The predicted octanol–water partition coefficient (Wildman–Crippen LogP) is 8.56. The van der Waals surface area contributed by atoms with E-state index in [9.17, 15) is 4.79 Å². The van der Waals surface area contributed by atoms with Crippen LogP contribution in [0.2, 0.25) is 23.2 Å². The maximum Gasteiger partial charge on any atom is 0.261 e. The van der Waals surface area contributed by atoms with Crippen LogP contribution in [0.4, 0.5) is 5.69 Å². The molecule has 0 heterocycles. The molecule has 0 unspecified atom stereocenters. The molecule has 0 N–H and O–H groups in total. The van der Waals surface area contributed by atoms with E-state index in [0.29, 0.717) is 26.1 Å². The van der Waals surface area contributed by atoms with Gasteiger partial charge in [0.25, 0.3) is 14.2 Å². The van der Waals surface area contributed by atoms with Crippen molar-refractivity contribution in [2.24, 2.45) is 0 Å². The first-order valence-electron chi connectivity index (χ1n) is 15.2. The summed E-state index contributed by atoms with van der Waals surface area (Å²) in [6, 6.07) is 29.4. The Morgan fingerprint density at radius 3 is 1.77 bits per heavy atom. The minimum absolute atomic E-state index is 0.00777. The minimum Gasteiger partial charge on any atom is -0.416 e. The number of carbonyl (C=O) groups is 1. The summed E-state index contributed by atoms with van der Waals surface area (Å²) in [6.07, 6.45) is 3.30. The number of hydrogen-bond donors (Lipinski definition) is 0. The molecule has 0 bridgehead atoms. The lowest BCUT2D eigenvalue weighted by Crippen LogP contribution is -2.66. The lowest BCUT2D eigenvalue weighted by atomic mass is 10.1. The summed E-state index contributed by atoms with van der Waals surface area (Å²) in [7, 11) is -2.72. The number of nitrogens with zero attached hydrogens (tertiary/aromatic N) is 1. The summed E-state index contributed by atoms with van der Waals surface area (Å²) in [5, 5.41) is 2.53. The zero-order chi connectivity index (χ0) is 31.9. The van der Waals surface area contributed by atoms with E-state index in [4.69, 9.17) is 8.85 Å². The van der Waals surface area contributed by atoms with Crippen molar-refractivity contribution in [1.29, 1.82) is 0 Å². The molecule has 0 aliphatic carbocycles. The summed E-state index contributed by atoms with van der Waals surface area (Å²) in [5.41, 5.74) is 1.68. The highest BCUT2D eigenvalue weighted by Gasteiger charge is 2.50. The van der Waals surface area contributed by atoms with Crippen molar-refractivity contribution in [2.45, 2.75) is 77.6 Å². The van der Waals surface area contributed by atoms with Gasteiger partial charge in [0.1, 0.15) is 0 Å². The van der Waals surface area contributed by atoms with E-state index >= 15 is 0 Å². The van der Waals surface area contributed by atoms with Crippen molar-refractivity contribution in [3.05, 3.63) is 100 Å². The molecular formula is C36H50INO3Si2. The summed E-state index contributed by atoms with van der Waals surface area (Å²) in [5.74, 6) is 0.00777. The molecule has 43 heavy (non-hydrogen) atoms. The van der Waals surface area contributed by atoms with Crippen molar-refractivity contribution < 1.29 is 13.6 Å². The van der Waals surface area contributed by atoms with Crippen LogP contribution in [0.3, 0.4) is 0 Å². The van der Waals surface area contributed by atoms with Gasteiger partial charge in [-0.05, 0) is 81.1 Å². The third kappa shape index (κ3) is 8.57. The normalized spacial score (nSPS) is 13.2. The Balaban J connectivity index is 1.91. The molecule has 0 aromatic heterocycles. The average molecular weight is 728 g/mol. The number of anilines is 1. The second-order valence-electron chi connectivity index (χ2n) is 13.7. The number of halogens is 1. The van der Waals surface area contributed by atoms with Crippen molar-refractivity contribution in [3.63, 3.8) is 0 Å². The van der Waals surface area contributed by atoms with Crippen LogP contribution < -0.4 is 15.3 Å². The van der Waals surface area contributed by atoms with Crippen LogP contribution in [0.5, 0.6) is 0 Å². The number of para-hydroxylation sites is 1. The number of carbonyl (C=O) groups excluding carboxylic acids is 1. The van der Waals surface area contributed by atoms with E-state index in [1.54, 1.807) is 4.90 Å². The first kappa shape index (κ1) is 35.4. The lowest BCUT2D eigenvalue weighted by Gasteiger charge is -2.43. The predicted molar refractivity (Wildman–Crippen MR) is 197 cm³/mol. The Hall–Kier alpha value is -2.05. The van der Waals surface area contributed by atoms with Gasteiger partial charge in [0.15, 0.2) is 8.32 Å². The van der Waals surface area contributed by atoms with E-state index in [1.807, 2.05) is 31.3 Å². The first-order valence-corrected chi connectivity index (χ1v) is 21.1. The van der Waals surface area contributed by atoms with Gasteiger partial charge >= 0.3 is 0 Å². The number of hydrogen-bond acceptors (Lipinski definition) is 3. The summed E-state index contributed by atoms with van der Waals surface area (Å²) in [4.78, 5) is 15.7. The van der Waals surface area contributed by atoms with E-state index in [1.165, 1.54) is 10.4 Å². The second kappa shape index (κ2) is 14.8. The highest BCUT2D eigenvalue weighted by atomic mass is 127. The molecule has 0 radical (unpaired) electrons. The number of rotatable bonds is 12. The molecule has 0 saturated heterocycles. The maximum atomic E-state index is 13.9. The molecule has 232 valence electrons. The van der Waals surface area contributed by atoms with Gasteiger partial charge in [0.2, 0.25) is 0 Å². The first-order chi connectivity index (χ1) is 20.1. The number of benzene rings is 3. The third-order valence-corrected chi connectivity index (χ3v) is 19.2. The fourth-order valence-corrected chi connectivity index (χ4v) is 11.6. The highest BCUT2D eigenvalue weighted by molar-refractivity contribution is 14.1. The maximum absolute atomic E-state index is 13.9. The van der Waals surface area contributed by atoms with Gasteiger partial charge in [-0.3, -0.25) is 4.79 Å². The van der Waals surface area contributed by atoms with Gasteiger partial charge in [-0.1, -0.05) is 120 Å². The Kier molecular flexibility index (Phi) is 12.2. The van der Waals surface area contributed by atoms with Crippen LogP contribution in [-0.2, 0) is 13.6 Å². The molecule has 0 aliphatic rings. The summed E-state index contributed by atoms with van der Waals surface area (Å²) in [6.45, 7) is 19.2. The summed E-state index contributed by atoms with van der Waals surface area (Å²) < 4.78 is 14.7.